The molecule has 1 aliphatic rings. The third-order valence-electron chi connectivity index (χ3n) is 1.50. The molecule has 0 aromatic carbocycles. The average molecular weight is 139 g/mol. The average Bonchev–Trinajstić information content (AvgIpc) is 2.00. The zero-order chi connectivity index (χ0) is 7.98. The zero-order valence-corrected chi connectivity index (χ0v) is 7.44. The molecule has 0 unspecified atom stereocenters. The van der Waals surface area contributed by atoms with E-state index in [1.54, 1.807) is 0 Å². The third kappa shape index (κ3) is 2.81. The Bertz CT molecular complexity index is 125. The van der Waals surface area contributed by atoms with Crippen LogP contribution < -0.4 is 0 Å². The molecule has 0 amide bonds. The summed E-state index contributed by atoms with van der Waals surface area (Å²) in [5.41, 5.74) is 2.55. The highest BCUT2D eigenvalue weighted by atomic mass is 14.7. The van der Waals surface area contributed by atoms with E-state index >= 15 is 0 Å². The maximum Gasteiger partial charge on any atom is 0.0427 e. The lowest BCUT2D eigenvalue weighted by molar-refractivity contribution is 0.976. The molecule has 10 heavy (non-hydrogen) atoms. The van der Waals surface area contributed by atoms with E-state index in [4.69, 9.17) is 0 Å². The second-order valence-corrected chi connectivity index (χ2v) is 2.14. The Labute approximate surface area is 63.9 Å². The van der Waals surface area contributed by atoms with E-state index in [0.717, 1.165) is 13.0 Å². The summed E-state index contributed by atoms with van der Waals surface area (Å²) in [5, 5.41) is 0. The normalized spacial score (nSPS) is 16.4. The van der Waals surface area contributed by atoms with E-state index in [9.17, 15) is 0 Å². The first-order chi connectivity index (χ1) is 4.80. The van der Waals surface area contributed by atoms with Gasteiger partial charge < -0.3 is 0 Å². The molecule has 1 nitrogen and oxygen atoms in total. The fourth-order valence-electron chi connectivity index (χ4n) is 0.786. The molecule has 0 fully saturated rings. The van der Waals surface area contributed by atoms with E-state index in [1.165, 1.54) is 11.3 Å². The number of nitrogens with zero attached hydrogens (tertiary/aromatic N) is 1. The Morgan fingerprint density at radius 2 is 1.90 bits per heavy atom. The summed E-state index contributed by atoms with van der Waals surface area (Å²) >= 11 is 0. The first-order valence-electron chi connectivity index (χ1n) is 3.99. The van der Waals surface area contributed by atoms with Gasteiger partial charge in [-0.05, 0) is 25.8 Å². The SMILES string of the molecule is CC.CC1=CCCN=C1C. The van der Waals surface area contributed by atoms with Crippen molar-refractivity contribution in [3.05, 3.63) is 11.6 Å². The fourth-order valence-corrected chi connectivity index (χ4v) is 0.786. The molecule has 0 aromatic heterocycles. The lowest BCUT2D eigenvalue weighted by atomic mass is 10.1. The smallest absolute Gasteiger partial charge is 0.0427 e. The van der Waals surface area contributed by atoms with Crippen LogP contribution in [0.3, 0.4) is 0 Å². The van der Waals surface area contributed by atoms with Crippen molar-refractivity contribution in [2.24, 2.45) is 4.99 Å². The molecular formula is C9H17N. The van der Waals surface area contributed by atoms with Crippen molar-refractivity contribution in [2.45, 2.75) is 34.1 Å². The van der Waals surface area contributed by atoms with Crippen LogP contribution in [-0.2, 0) is 0 Å². The first-order valence-corrected chi connectivity index (χ1v) is 3.99. The van der Waals surface area contributed by atoms with Gasteiger partial charge >= 0.3 is 0 Å². The van der Waals surface area contributed by atoms with Gasteiger partial charge in [0.05, 0.1) is 0 Å². The van der Waals surface area contributed by atoms with Gasteiger partial charge in [-0.25, -0.2) is 0 Å². The monoisotopic (exact) mass is 139 g/mol. The standard InChI is InChI=1S/C7H11N.C2H6/c1-6-4-3-5-8-7(6)2;1-2/h4H,3,5H2,1-2H3;1-2H3. The van der Waals surface area contributed by atoms with Crippen LogP contribution in [0.4, 0.5) is 0 Å². The highest BCUT2D eigenvalue weighted by Crippen LogP contribution is 2.04. The number of dihydropyridines is 1. The predicted molar refractivity (Wildman–Crippen MR) is 47.7 cm³/mol. The van der Waals surface area contributed by atoms with Crippen LogP contribution in [-0.4, -0.2) is 12.3 Å². The molecule has 0 radical (unpaired) electrons. The van der Waals surface area contributed by atoms with E-state index in [0.29, 0.717) is 0 Å². The second kappa shape index (κ2) is 5.21. The van der Waals surface area contributed by atoms with Crippen molar-refractivity contribution in [3.8, 4) is 0 Å². The summed E-state index contributed by atoms with van der Waals surface area (Å²) in [4.78, 5) is 4.26. The van der Waals surface area contributed by atoms with Gasteiger partial charge in [-0.3, -0.25) is 4.99 Å². The Morgan fingerprint density at radius 3 is 2.20 bits per heavy atom. The summed E-state index contributed by atoms with van der Waals surface area (Å²) in [6.07, 6.45) is 3.37. The Hall–Kier alpha value is -0.590. The van der Waals surface area contributed by atoms with Gasteiger partial charge in [-0.2, -0.15) is 0 Å². The summed E-state index contributed by atoms with van der Waals surface area (Å²) < 4.78 is 0. The lowest BCUT2D eigenvalue weighted by Gasteiger charge is -2.04. The van der Waals surface area contributed by atoms with Crippen LogP contribution >= 0.6 is 0 Å². The second-order valence-electron chi connectivity index (χ2n) is 2.14. The molecule has 0 saturated carbocycles. The largest absolute Gasteiger partial charge is 0.289 e. The molecule has 1 aliphatic heterocycles. The highest BCUT2D eigenvalue weighted by Gasteiger charge is 1.97. The van der Waals surface area contributed by atoms with E-state index in [-0.39, 0.29) is 0 Å². The van der Waals surface area contributed by atoms with Crippen LogP contribution in [0.5, 0.6) is 0 Å². The topological polar surface area (TPSA) is 12.4 Å². The van der Waals surface area contributed by atoms with Gasteiger partial charge in [0.2, 0.25) is 0 Å². The molecule has 1 heterocycles. The van der Waals surface area contributed by atoms with Crippen LogP contribution in [0.15, 0.2) is 16.6 Å². The number of allylic oxidation sites excluding steroid dienone is 1. The van der Waals surface area contributed by atoms with Crippen molar-refractivity contribution < 1.29 is 0 Å². The van der Waals surface area contributed by atoms with Gasteiger partial charge in [0, 0.05) is 12.3 Å². The molecule has 0 N–H and O–H groups in total. The fraction of sp³-hybridized carbons (Fsp3) is 0.667. The molecule has 58 valence electrons. The number of hydrogen-bond donors (Lipinski definition) is 0. The van der Waals surface area contributed by atoms with Crippen LogP contribution in [0.25, 0.3) is 0 Å². The molecule has 1 heteroatoms. The maximum absolute atomic E-state index is 4.26. The molecule has 0 aliphatic carbocycles. The van der Waals surface area contributed by atoms with Gasteiger partial charge in [-0.1, -0.05) is 19.9 Å². The third-order valence-corrected chi connectivity index (χ3v) is 1.50. The molecule has 0 atom stereocenters. The quantitative estimate of drug-likeness (QED) is 0.489. The van der Waals surface area contributed by atoms with Crippen molar-refractivity contribution in [1.29, 1.82) is 0 Å². The minimum absolute atomic E-state index is 0.989. The molecule has 0 saturated heterocycles. The van der Waals surface area contributed by atoms with E-state index in [2.05, 4.69) is 24.9 Å². The van der Waals surface area contributed by atoms with E-state index in [1.807, 2.05) is 13.8 Å². The summed E-state index contributed by atoms with van der Waals surface area (Å²) in [6.45, 7) is 9.16. The molecule has 1 rings (SSSR count). The predicted octanol–water partition coefficient (Wildman–Crippen LogP) is 2.82. The van der Waals surface area contributed by atoms with Crippen LogP contribution in [0.2, 0.25) is 0 Å². The van der Waals surface area contributed by atoms with Crippen LogP contribution in [0, 0.1) is 0 Å². The zero-order valence-electron chi connectivity index (χ0n) is 7.44. The lowest BCUT2D eigenvalue weighted by Crippen LogP contribution is -2.00. The first kappa shape index (κ1) is 9.41. The summed E-state index contributed by atoms with van der Waals surface area (Å²) in [5.74, 6) is 0. The molecular weight excluding hydrogens is 122 g/mol. The van der Waals surface area contributed by atoms with Crippen molar-refractivity contribution >= 4 is 5.71 Å². The molecule has 0 aromatic rings. The summed E-state index contributed by atoms with van der Waals surface area (Å²) in [6, 6.07) is 0. The minimum atomic E-state index is 0.989. The van der Waals surface area contributed by atoms with Crippen LogP contribution in [0.1, 0.15) is 34.1 Å². The Kier molecular flexibility index (Phi) is 4.91. The van der Waals surface area contributed by atoms with E-state index < -0.39 is 0 Å². The Morgan fingerprint density at radius 1 is 1.30 bits per heavy atom. The number of rotatable bonds is 0. The maximum atomic E-state index is 4.26. The van der Waals surface area contributed by atoms with Gasteiger partial charge in [-0.15, -0.1) is 0 Å². The van der Waals surface area contributed by atoms with Crippen molar-refractivity contribution in [1.82, 2.24) is 0 Å². The number of hydrogen-bond acceptors (Lipinski definition) is 1. The van der Waals surface area contributed by atoms with Crippen molar-refractivity contribution in [3.63, 3.8) is 0 Å². The Balaban J connectivity index is 0.000000371. The molecule has 0 spiro atoms. The van der Waals surface area contributed by atoms with Gasteiger partial charge in [0.1, 0.15) is 0 Å². The molecule has 0 bridgehead atoms. The van der Waals surface area contributed by atoms with Gasteiger partial charge in [0.15, 0.2) is 0 Å². The summed E-state index contributed by atoms with van der Waals surface area (Å²) in [7, 11) is 0. The highest BCUT2D eigenvalue weighted by molar-refractivity contribution is 5.98. The van der Waals surface area contributed by atoms with Gasteiger partial charge in [0.25, 0.3) is 0 Å². The number of aliphatic imine (C=N–C) groups is 1. The minimum Gasteiger partial charge on any atom is -0.289 e. The van der Waals surface area contributed by atoms with Crippen molar-refractivity contribution in [2.75, 3.05) is 6.54 Å².